The number of likely N-dealkylation sites (tertiary alicyclic amines) is 1. The van der Waals surface area contributed by atoms with E-state index in [1.807, 2.05) is 30.5 Å². The SMILES string of the molecule is C=CCn1c(-c2ccc(OC)cc2)cn2cc(C(=O)N3CCCC3)nc2c1=O. The molecule has 2 aromatic heterocycles. The summed E-state index contributed by atoms with van der Waals surface area (Å²) in [5.41, 5.74) is 1.87. The van der Waals surface area contributed by atoms with Crippen molar-refractivity contribution in [3.05, 3.63) is 65.4 Å². The van der Waals surface area contributed by atoms with E-state index in [0.29, 0.717) is 12.2 Å². The van der Waals surface area contributed by atoms with Crippen LogP contribution in [-0.4, -0.2) is 45.0 Å². The number of allylic oxidation sites excluding steroid dienone is 1. The lowest BCUT2D eigenvalue weighted by molar-refractivity contribution is 0.0787. The van der Waals surface area contributed by atoms with Gasteiger partial charge >= 0.3 is 0 Å². The quantitative estimate of drug-likeness (QED) is 0.640. The van der Waals surface area contributed by atoms with E-state index < -0.39 is 0 Å². The summed E-state index contributed by atoms with van der Waals surface area (Å²) >= 11 is 0. The summed E-state index contributed by atoms with van der Waals surface area (Å²) in [6.45, 7) is 5.58. The number of ether oxygens (including phenoxy) is 1. The first-order valence-corrected chi connectivity index (χ1v) is 9.29. The highest BCUT2D eigenvalue weighted by Crippen LogP contribution is 2.22. The fourth-order valence-corrected chi connectivity index (χ4v) is 3.57. The third-order valence-electron chi connectivity index (χ3n) is 5.03. The number of nitrogens with zero attached hydrogens (tertiary/aromatic N) is 4. The van der Waals surface area contributed by atoms with Gasteiger partial charge in [0, 0.05) is 37.6 Å². The molecule has 7 nitrogen and oxygen atoms in total. The van der Waals surface area contributed by atoms with Crippen molar-refractivity contribution in [1.82, 2.24) is 18.9 Å². The molecule has 4 rings (SSSR count). The van der Waals surface area contributed by atoms with Crippen LogP contribution in [0.15, 0.2) is 54.1 Å². The standard InChI is InChI=1S/C21H22N4O3/c1-3-10-25-18(15-6-8-16(28-2)9-7-15)14-24-13-17(22-19(24)21(25)27)20(26)23-11-4-5-12-23/h3,6-9,13-14H,1,4-5,10-12H2,2H3. The van der Waals surface area contributed by atoms with E-state index in [0.717, 1.165) is 42.9 Å². The molecule has 0 atom stereocenters. The third-order valence-corrected chi connectivity index (χ3v) is 5.03. The van der Waals surface area contributed by atoms with Gasteiger partial charge < -0.3 is 9.64 Å². The Kier molecular flexibility index (Phi) is 4.73. The Morgan fingerprint density at radius 3 is 2.57 bits per heavy atom. The molecule has 0 bridgehead atoms. The van der Waals surface area contributed by atoms with Crippen molar-refractivity contribution in [3.8, 4) is 17.0 Å². The van der Waals surface area contributed by atoms with Crippen LogP contribution in [0.1, 0.15) is 23.3 Å². The Morgan fingerprint density at radius 2 is 1.93 bits per heavy atom. The predicted molar refractivity (Wildman–Crippen MR) is 107 cm³/mol. The number of benzene rings is 1. The fraction of sp³-hybridized carbons (Fsp3) is 0.286. The molecule has 1 saturated heterocycles. The number of imidazole rings is 1. The number of hydrogen-bond acceptors (Lipinski definition) is 4. The van der Waals surface area contributed by atoms with Gasteiger partial charge in [-0.05, 0) is 37.1 Å². The highest BCUT2D eigenvalue weighted by atomic mass is 16.5. The average molecular weight is 378 g/mol. The lowest BCUT2D eigenvalue weighted by Gasteiger charge is -2.12. The van der Waals surface area contributed by atoms with Gasteiger partial charge in [0.1, 0.15) is 11.4 Å². The second-order valence-electron chi connectivity index (χ2n) is 6.80. The number of hydrogen-bond donors (Lipinski definition) is 0. The van der Waals surface area contributed by atoms with Crippen molar-refractivity contribution in [1.29, 1.82) is 0 Å². The Morgan fingerprint density at radius 1 is 1.21 bits per heavy atom. The molecule has 144 valence electrons. The van der Waals surface area contributed by atoms with E-state index in [-0.39, 0.29) is 17.1 Å². The summed E-state index contributed by atoms with van der Waals surface area (Å²) in [6, 6.07) is 7.48. The summed E-state index contributed by atoms with van der Waals surface area (Å²) in [5, 5.41) is 0. The molecule has 0 spiro atoms. The van der Waals surface area contributed by atoms with Gasteiger partial charge in [-0.15, -0.1) is 6.58 Å². The molecule has 1 aromatic carbocycles. The average Bonchev–Trinajstić information content (AvgIpc) is 3.40. The molecule has 0 radical (unpaired) electrons. The van der Waals surface area contributed by atoms with Gasteiger partial charge in [-0.25, -0.2) is 4.98 Å². The zero-order valence-electron chi connectivity index (χ0n) is 15.8. The van der Waals surface area contributed by atoms with Gasteiger partial charge in [0.25, 0.3) is 11.5 Å². The van der Waals surface area contributed by atoms with Crippen LogP contribution >= 0.6 is 0 Å². The van der Waals surface area contributed by atoms with Crippen LogP contribution in [0.25, 0.3) is 16.9 Å². The molecule has 1 aliphatic heterocycles. The minimum Gasteiger partial charge on any atom is -0.497 e. The van der Waals surface area contributed by atoms with E-state index in [1.165, 1.54) is 0 Å². The Balaban J connectivity index is 1.84. The Hall–Kier alpha value is -3.35. The summed E-state index contributed by atoms with van der Waals surface area (Å²) in [6.07, 6.45) is 7.16. The minimum absolute atomic E-state index is 0.123. The zero-order chi connectivity index (χ0) is 19.7. The first-order chi connectivity index (χ1) is 13.6. The maximum absolute atomic E-state index is 13.1. The van der Waals surface area contributed by atoms with Crippen LogP contribution in [-0.2, 0) is 6.54 Å². The van der Waals surface area contributed by atoms with E-state index >= 15 is 0 Å². The van der Waals surface area contributed by atoms with Crippen molar-refractivity contribution in [2.24, 2.45) is 0 Å². The number of aromatic nitrogens is 3. The highest BCUT2D eigenvalue weighted by Gasteiger charge is 2.23. The summed E-state index contributed by atoms with van der Waals surface area (Å²) < 4.78 is 8.47. The van der Waals surface area contributed by atoms with E-state index in [1.54, 1.807) is 33.3 Å². The predicted octanol–water partition coefficient (Wildman–Crippen LogP) is 2.59. The molecular weight excluding hydrogens is 356 g/mol. The van der Waals surface area contributed by atoms with E-state index in [2.05, 4.69) is 11.6 Å². The maximum Gasteiger partial charge on any atom is 0.295 e. The van der Waals surface area contributed by atoms with Crippen LogP contribution in [0.3, 0.4) is 0 Å². The summed E-state index contributed by atoms with van der Waals surface area (Å²) in [7, 11) is 1.61. The second kappa shape index (κ2) is 7.34. The monoisotopic (exact) mass is 378 g/mol. The van der Waals surface area contributed by atoms with Gasteiger partial charge in [-0.1, -0.05) is 6.08 Å². The van der Waals surface area contributed by atoms with Gasteiger partial charge in [-0.2, -0.15) is 0 Å². The summed E-state index contributed by atoms with van der Waals surface area (Å²) in [5.74, 6) is 0.616. The third kappa shape index (κ3) is 3.09. The molecule has 1 aliphatic rings. The van der Waals surface area contributed by atoms with Gasteiger partial charge in [0.15, 0.2) is 0 Å². The van der Waals surface area contributed by atoms with Gasteiger partial charge in [0.05, 0.1) is 12.8 Å². The molecular formula is C21H22N4O3. The first-order valence-electron chi connectivity index (χ1n) is 9.29. The van der Waals surface area contributed by atoms with Crippen LogP contribution in [0.2, 0.25) is 0 Å². The van der Waals surface area contributed by atoms with Crippen LogP contribution in [0.4, 0.5) is 0 Å². The minimum atomic E-state index is -0.256. The Bertz CT molecular complexity index is 1090. The number of carbonyl (C=O) groups excluding carboxylic acids is 1. The molecule has 28 heavy (non-hydrogen) atoms. The number of methoxy groups -OCH3 is 1. The van der Waals surface area contributed by atoms with Gasteiger partial charge in [-0.3, -0.25) is 18.6 Å². The number of carbonyl (C=O) groups is 1. The smallest absolute Gasteiger partial charge is 0.295 e. The Labute approximate surface area is 162 Å². The fourth-order valence-electron chi connectivity index (χ4n) is 3.57. The van der Waals surface area contributed by atoms with Crippen molar-refractivity contribution in [2.75, 3.05) is 20.2 Å². The van der Waals surface area contributed by atoms with Crippen molar-refractivity contribution >= 4 is 11.6 Å². The van der Waals surface area contributed by atoms with Crippen molar-refractivity contribution in [2.45, 2.75) is 19.4 Å². The topological polar surface area (TPSA) is 68.8 Å². The summed E-state index contributed by atoms with van der Waals surface area (Å²) in [4.78, 5) is 31.9. The van der Waals surface area contributed by atoms with Crippen molar-refractivity contribution < 1.29 is 9.53 Å². The maximum atomic E-state index is 13.1. The molecule has 7 heteroatoms. The number of fused-ring (bicyclic) bond motifs is 1. The molecule has 0 N–H and O–H groups in total. The number of rotatable bonds is 5. The molecule has 1 fully saturated rings. The highest BCUT2D eigenvalue weighted by molar-refractivity contribution is 5.93. The largest absolute Gasteiger partial charge is 0.497 e. The number of amides is 1. The second-order valence-corrected chi connectivity index (χ2v) is 6.80. The van der Waals surface area contributed by atoms with E-state index in [4.69, 9.17) is 4.74 Å². The van der Waals surface area contributed by atoms with Gasteiger partial charge in [0.2, 0.25) is 5.65 Å². The zero-order valence-corrected chi connectivity index (χ0v) is 15.8. The van der Waals surface area contributed by atoms with Crippen LogP contribution < -0.4 is 10.3 Å². The lowest BCUT2D eigenvalue weighted by Crippen LogP contribution is -2.28. The van der Waals surface area contributed by atoms with Crippen molar-refractivity contribution in [3.63, 3.8) is 0 Å². The molecule has 0 saturated carbocycles. The normalized spacial score (nSPS) is 13.8. The molecule has 3 heterocycles. The molecule has 0 unspecified atom stereocenters. The van der Waals surface area contributed by atoms with Crippen LogP contribution in [0, 0.1) is 0 Å². The lowest BCUT2D eigenvalue weighted by atomic mass is 10.1. The van der Waals surface area contributed by atoms with E-state index in [9.17, 15) is 9.59 Å². The molecule has 0 aliphatic carbocycles. The molecule has 1 amide bonds. The first kappa shape index (κ1) is 18.0. The molecule has 3 aromatic rings. The van der Waals surface area contributed by atoms with Crippen LogP contribution in [0.5, 0.6) is 5.75 Å².